The fourth-order valence-electron chi connectivity index (χ4n) is 3.69. The van der Waals surface area contributed by atoms with E-state index >= 15 is 0 Å². The van der Waals surface area contributed by atoms with E-state index in [4.69, 9.17) is 5.11 Å². The minimum Gasteiger partial charge on any atom is -0.481 e. The van der Waals surface area contributed by atoms with Crippen molar-refractivity contribution in [2.45, 2.75) is 63.8 Å². The van der Waals surface area contributed by atoms with Crippen LogP contribution in [0.1, 0.15) is 57.9 Å². The van der Waals surface area contributed by atoms with Gasteiger partial charge in [0, 0.05) is 18.0 Å². The minimum atomic E-state index is -0.626. The number of hydrogen-bond acceptors (Lipinski definition) is 2. The van der Waals surface area contributed by atoms with E-state index < -0.39 is 5.97 Å². The molecule has 0 radical (unpaired) electrons. The molecule has 0 amide bonds. The van der Waals surface area contributed by atoms with Crippen molar-refractivity contribution in [3.63, 3.8) is 0 Å². The molecular formula is C19H29NO2. The molecule has 0 saturated heterocycles. The Morgan fingerprint density at radius 3 is 2.23 bits per heavy atom. The van der Waals surface area contributed by atoms with Crippen LogP contribution in [0.25, 0.3) is 0 Å². The molecule has 1 fully saturated rings. The van der Waals surface area contributed by atoms with Gasteiger partial charge < -0.3 is 10.4 Å². The van der Waals surface area contributed by atoms with Gasteiger partial charge >= 0.3 is 5.97 Å². The van der Waals surface area contributed by atoms with Crippen molar-refractivity contribution in [1.82, 2.24) is 5.32 Å². The second kappa shape index (κ2) is 7.77. The van der Waals surface area contributed by atoms with E-state index in [1.807, 2.05) is 0 Å². The number of hydrogen-bond donors (Lipinski definition) is 2. The maximum atomic E-state index is 11.0. The molecule has 2 N–H and O–H groups in total. The molecule has 1 aromatic rings. The van der Waals surface area contributed by atoms with Gasteiger partial charge in [0.15, 0.2) is 0 Å². The van der Waals surface area contributed by atoms with Crippen molar-refractivity contribution in [2.24, 2.45) is 5.92 Å². The van der Waals surface area contributed by atoms with E-state index in [0.717, 1.165) is 45.1 Å². The standard InChI is InChI=1S/C19H29NO2/c1-3-19(4-2,16-8-6-5-7-9-16)14-20-17-12-10-15(11-13-17)18(21)22/h5-9,15,17,20H,3-4,10-14H2,1-2H3,(H,21,22). The average molecular weight is 303 g/mol. The first-order valence-corrected chi connectivity index (χ1v) is 8.63. The highest BCUT2D eigenvalue weighted by atomic mass is 16.4. The highest BCUT2D eigenvalue weighted by molar-refractivity contribution is 5.70. The van der Waals surface area contributed by atoms with Gasteiger partial charge in [0.2, 0.25) is 0 Å². The Morgan fingerprint density at radius 1 is 1.14 bits per heavy atom. The van der Waals surface area contributed by atoms with Gasteiger partial charge in [-0.3, -0.25) is 4.79 Å². The first kappa shape index (κ1) is 17.0. The zero-order chi connectivity index (χ0) is 16.0. The van der Waals surface area contributed by atoms with Crippen LogP contribution < -0.4 is 5.32 Å². The summed E-state index contributed by atoms with van der Waals surface area (Å²) in [6.45, 7) is 5.51. The van der Waals surface area contributed by atoms with Crippen LogP contribution in [0.4, 0.5) is 0 Å². The second-order valence-electron chi connectivity index (χ2n) is 6.62. The Hall–Kier alpha value is -1.35. The molecule has 3 nitrogen and oxygen atoms in total. The number of nitrogens with one attached hydrogen (secondary N) is 1. The van der Waals surface area contributed by atoms with E-state index in [0.29, 0.717) is 6.04 Å². The molecule has 3 heteroatoms. The summed E-state index contributed by atoms with van der Waals surface area (Å²) >= 11 is 0. The molecule has 0 bridgehead atoms. The zero-order valence-electron chi connectivity index (χ0n) is 13.8. The summed E-state index contributed by atoms with van der Waals surface area (Å²) in [5.41, 5.74) is 1.59. The van der Waals surface area contributed by atoms with Crippen LogP contribution in [0.3, 0.4) is 0 Å². The summed E-state index contributed by atoms with van der Waals surface area (Å²) in [4.78, 5) is 11.0. The summed E-state index contributed by atoms with van der Waals surface area (Å²) in [5, 5.41) is 12.8. The maximum Gasteiger partial charge on any atom is 0.306 e. The summed E-state index contributed by atoms with van der Waals surface area (Å²) in [7, 11) is 0. The Morgan fingerprint density at radius 2 is 1.73 bits per heavy atom. The number of carboxylic acid groups (broad SMARTS) is 1. The third-order valence-electron chi connectivity index (χ3n) is 5.55. The molecule has 0 atom stereocenters. The van der Waals surface area contributed by atoms with Crippen molar-refractivity contribution in [3.8, 4) is 0 Å². The molecule has 0 aliphatic heterocycles. The number of rotatable bonds is 7. The van der Waals surface area contributed by atoms with E-state index in [-0.39, 0.29) is 11.3 Å². The van der Waals surface area contributed by atoms with Crippen LogP contribution in [-0.2, 0) is 10.2 Å². The third-order valence-corrected chi connectivity index (χ3v) is 5.55. The molecule has 1 saturated carbocycles. The molecule has 1 aliphatic carbocycles. The number of carbonyl (C=O) groups is 1. The molecule has 2 rings (SSSR count). The number of benzene rings is 1. The smallest absolute Gasteiger partial charge is 0.306 e. The van der Waals surface area contributed by atoms with Crippen LogP contribution >= 0.6 is 0 Å². The highest BCUT2D eigenvalue weighted by Crippen LogP contribution is 2.32. The monoisotopic (exact) mass is 303 g/mol. The lowest BCUT2D eigenvalue weighted by Crippen LogP contribution is -2.43. The lowest BCUT2D eigenvalue weighted by molar-refractivity contribution is -0.142. The predicted molar refractivity (Wildman–Crippen MR) is 90.1 cm³/mol. The molecule has 0 spiro atoms. The fraction of sp³-hybridized carbons (Fsp3) is 0.632. The molecule has 122 valence electrons. The quantitative estimate of drug-likeness (QED) is 0.801. The van der Waals surface area contributed by atoms with Crippen molar-refractivity contribution < 1.29 is 9.90 Å². The number of aliphatic carboxylic acids is 1. The SMILES string of the molecule is CCC(CC)(CNC1CCC(C(=O)O)CC1)c1ccccc1. The van der Waals surface area contributed by atoms with Gasteiger partial charge in [-0.2, -0.15) is 0 Å². The van der Waals surface area contributed by atoms with Crippen LogP contribution in [0.15, 0.2) is 30.3 Å². The van der Waals surface area contributed by atoms with Gasteiger partial charge in [-0.1, -0.05) is 44.2 Å². The zero-order valence-corrected chi connectivity index (χ0v) is 13.8. The van der Waals surface area contributed by atoms with Gasteiger partial charge in [-0.15, -0.1) is 0 Å². The first-order chi connectivity index (χ1) is 10.6. The van der Waals surface area contributed by atoms with Crippen molar-refractivity contribution in [1.29, 1.82) is 0 Å². The normalized spacial score (nSPS) is 22.5. The maximum absolute atomic E-state index is 11.0. The molecule has 0 unspecified atom stereocenters. The fourth-order valence-corrected chi connectivity index (χ4v) is 3.69. The van der Waals surface area contributed by atoms with Crippen molar-refractivity contribution in [3.05, 3.63) is 35.9 Å². The molecule has 0 heterocycles. The number of carboxylic acids is 1. The Kier molecular flexibility index (Phi) is 6.01. The molecule has 22 heavy (non-hydrogen) atoms. The molecule has 1 aromatic carbocycles. The van der Waals surface area contributed by atoms with Crippen LogP contribution in [0.2, 0.25) is 0 Å². The topological polar surface area (TPSA) is 49.3 Å². The lowest BCUT2D eigenvalue weighted by atomic mass is 9.75. The van der Waals surface area contributed by atoms with Crippen LogP contribution in [0.5, 0.6) is 0 Å². The minimum absolute atomic E-state index is 0.130. The second-order valence-corrected chi connectivity index (χ2v) is 6.62. The first-order valence-electron chi connectivity index (χ1n) is 8.63. The predicted octanol–water partition coefficient (Wildman–Crippen LogP) is 3.98. The van der Waals surface area contributed by atoms with E-state index in [9.17, 15) is 4.79 Å². The summed E-state index contributed by atoms with van der Waals surface area (Å²) in [6.07, 6.45) is 5.81. The summed E-state index contributed by atoms with van der Waals surface area (Å²) in [6, 6.07) is 11.2. The van der Waals surface area contributed by atoms with Crippen molar-refractivity contribution >= 4 is 5.97 Å². The Bertz CT molecular complexity index is 460. The van der Waals surface area contributed by atoms with Crippen LogP contribution in [-0.4, -0.2) is 23.7 Å². The van der Waals surface area contributed by atoms with Crippen molar-refractivity contribution in [2.75, 3.05) is 6.54 Å². The summed E-state index contributed by atoms with van der Waals surface area (Å²) < 4.78 is 0. The average Bonchev–Trinajstić information content (AvgIpc) is 2.57. The molecule has 1 aliphatic rings. The van der Waals surface area contributed by atoms with E-state index in [1.54, 1.807) is 0 Å². The van der Waals surface area contributed by atoms with Gasteiger partial charge in [0.1, 0.15) is 0 Å². The molecular weight excluding hydrogens is 274 g/mol. The van der Waals surface area contributed by atoms with Gasteiger partial charge in [-0.25, -0.2) is 0 Å². The Balaban J connectivity index is 1.95. The van der Waals surface area contributed by atoms with E-state index in [2.05, 4.69) is 49.5 Å². The van der Waals surface area contributed by atoms with Gasteiger partial charge in [-0.05, 0) is 44.1 Å². The van der Waals surface area contributed by atoms with Gasteiger partial charge in [0.25, 0.3) is 0 Å². The lowest BCUT2D eigenvalue weighted by Gasteiger charge is -2.36. The largest absolute Gasteiger partial charge is 0.481 e. The third kappa shape index (κ3) is 3.89. The van der Waals surface area contributed by atoms with Crippen LogP contribution in [0, 0.1) is 5.92 Å². The Labute approximate surface area is 134 Å². The molecule has 0 aromatic heterocycles. The summed E-state index contributed by atoms with van der Waals surface area (Å²) in [5.74, 6) is -0.756. The van der Waals surface area contributed by atoms with Gasteiger partial charge in [0.05, 0.1) is 5.92 Å². The highest BCUT2D eigenvalue weighted by Gasteiger charge is 2.31. The van der Waals surface area contributed by atoms with E-state index in [1.165, 1.54) is 5.56 Å².